The molecule has 3 N–H and O–H groups in total. The molecule has 0 amide bonds. The van der Waals surface area contributed by atoms with Crippen LogP contribution in [0, 0.1) is 0 Å². The van der Waals surface area contributed by atoms with Gasteiger partial charge in [0.2, 0.25) is 0 Å². The fraction of sp³-hybridized carbons (Fsp3) is 0.385. The van der Waals surface area contributed by atoms with Crippen molar-refractivity contribution in [1.29, 1.82) is 0 Å². The number of aromatic amines is 1. The zero-order valence-electron chi connectivity index (χ0n) is 9.53. The minimum atomic E-state index is 0.185. The molecule has 3 heteroatoms. The van der Waals surface area contributed by atoms with Crippen molar-refractivity contribution in [3.63, 3.8) is 0 Å². The fourth-order valence-electron chi connectivity index (χ4n) is 1.89. The molecule has 0 saturated carbocycles. The van der Waals surface area contributed by atoms with E-state index in [1.807, 2.05) is 6.20 Å². The lowest BCUT2D eigenvalue weighted by Gasteiger charge is -2.14. The third-order valence-electron chi connectivity index (χ3n) is 2.97. The maximum Gasteiger partial charge on any atom is 0.0584 e. The van der Waals surface area contributed by atoms with Crippen LogP contribution >= 0.6 is 0 Å². The first-order valence-corrected chi connectivity index (χ1v) is 5.74. The molecule has 1 aromatic carbocycles. The molecular formula is C13H18N2O. The molecule has 2 rings (SSSR count). The molecule has 1 atom stereocenters. The summed E-state index contributed by atoms with van der Waals surface area (Å²) in [6.07, 6.45) is 2.90. The zero-order valence-corrected chi connectivity index (χ0v) is 9.53. The summed E-state index contributed by atoms with van der Waals surface area (Å²) < 4.78 is 0. The van der Waals surface area contributed by atoms with Gasteiger partial charge in [-0.3, -0.25) is 0 Å². The Bertz CT molecular complexity index is 446. The number of para-hydroxylation sites is 1. The van der Waals surface area contributed by atoms with E-state index < -0.39 is 0 Å². The van der Waals surface area contributed by atoms with E-state index in [1.165, 1.54) is 16.5 Å². The van der Waals surface area contributed by atoms with Gasteiger partial charge in [-0.2, -0.15) is 0 Å². The zero-order chi connectivity index (χ0) is 11.4. The van der Waals surface area contributed by atoms with Crippen LogP contribution in [-0.4, -0.2) is 22.7 Å². The van der Waals surface area contributed by atoms with E-state index >= 15 is 0 Å². The minimum absolute atomic E-state index is 0.185. The lowest BCUT2D eigenvalue weighted by atomic mass is 10.1. The highest BCUT2D eigenvalue weighted by Crippen LogP contribution is 2.16. The number of rotatable bonds is 5. The van der Waals surface area contributed by atoms with Crippen LogP contribution in [0.4, 0.5) is 0 Å². The smallest absolute Gasteiger partial charge is 0.0584 e. The molecule has 1 aromatic heterocycles. The lowest BCUT2D eigenvalue weighted by molar-refractivity contribution is 0.238. The number of nitrogens with one attached hydrogen (secondary N) is 2. The molecule has 1 heterocycles. The molecule has 3 nitrogen and oxygen atoms in total. The summed E-state index contributed by atoms with van der Waals surface area (Å²) in [6, 6.07) is 8.52. The van der Waals surface area contributed by atoms with Gasteiger partial charge in [0.25, 0.3) is 0 Å². The molecule has 0 unspecified atom stereocenters. The second-order valence-electron chi connectivity index (χ2n) is 4.03. The molecule has 0 radical (unpaired) electrons. The van der Waals surface area contributed by atoms with E-state index in [1.54, 1.807) is 0 Å². The van der Waals surface area contributed by atoms with Gasteiger partial charge >= 0.3 is 0 Å². The van der Waals surface area contributed by atoms with E-state index in [4.69, 9.17) is 5.11 Å². The maximum absolute atomic E-state index is 9.11. The molecule has 0 saturated heterocycles. The number of hydrogen-bond donors (Lipinski definition) is 3. The summed E-state index contributed by atoms with van der Waals surface area (Å²) in [6.45, 7) is 3.05. The van der Waals surface area contributed by atoms with Crippen LogP contribution in [0.5, 0.6) is 0 Å². The third kappa shape index (κ3) is 2.26. The quantitative estimate of drug-likeness (QED) is 0.719. The lowest BCUT2D eigenvalue weighted by Crippen LogP contribution is -2.31. The van der Waals surface area contributed by atoms with Gasteiger partial charge in [0.05, 0.1) is 6.61 Å². The van der Waals surface area contributed by atoms with Crippen LogP contribution in [0.3, 0.4) is 0 Å². The second kappa shape index (κ2) is 5.14. The maximum atomic E-state index is 9.11. The molecule has 0 aliphatic rings. The number of aliphatic hydroxyl groups is 1. The van der Waals surface area contributed by atoms with Gasteiger partial charge in [0, 0.05) is 24.3 Å². The molecule has 0 bridgehead atoms. The normalized spacial score (nSPS) is 13.1. The van der Waals surface area contributed by atoms with Crippen LogP contribution in [-0.2, 0) is 6.54 Å². The average molecular weight is 218 g/mol. The molecule has 86 valence electrons. The Morgan fingerprint density at radius 2 is 2.25 bits per heavy atom. The Kier molecular flexibility index (Phi) is 3.59. The molecule has 16 heavy (non-hydrogen) atoms. The highest BCUT2D eigenvalue weighted by atomic mass is 16.3. The molecule has 0 spiro atoms. The molecule has 0 aliphatic carbocycles. The van der Waals surface area contributed by atoms with E-state index in [9.17, 15) is 0 Å². The number of H-pyrrole nitrogens is 1. The monoisotopic (exact) mass is 218 g/mol. The van der Waals surface area contributed by atoms with E-state index in [0.29, 0.717) is 0 Å². The summed E-state index contributed by atoms with van der Waals surface area (Å²) in [5.74, 6) is 0. The largest absolute Gasteiger partial charge is 0.395 e. The van der Waals surface area contributed by atoms with Crippen LogP contribution in [0.2, 0.25) is 0 Å². The van der Waals surface area contributed by atoms with Gasteiger partial charge in [0.15, 0.2) is 0 Å². The fourth-order valence-corrected chi connectivity index (χ4v) is 1.89. The Hall–Kier alpha value is -1.32. The predicted molar refractivity (Wildman–Crippen MR) is 66.3 cm³/mol. The van der Waals surface area contributed by atoms with Crippen LogP contribution < -0.4 is 5.32 Å². The highest BCUT2D eigenvalue weighted by Gasteiger charge is 2.05. The number of aliphatic hydroxyl groups excluding tert-OH is 1. The van der Waals surface area contributed by atoms with Crippen LogP contribution in [0.25, 0.3) is 10.9 Å². The van der Waals surface area contributed by atoms with Gasteiger partial charge < -0.3 is 15.4 Å². The first-order chi connectivity index (χ1) is 7.85. The van der Waals surface area contributed by atoms with E-state index in [0.717, 1.165) is 13.0 Å². The van der Waals surface area contributed by atoms with Crippen molar-refractivity contribution in [3.8, 4) is 0 Å². The van der Waals surface area contributed by atoms with Crippen molar-refractivity contribution in [2.75, 3.05) is 6.61 Å². The van der Waals surface area contributed by atoms with Crippen molar-refractivity contribution >= 4 is 10.9 Å². The molecule has 0 aliphatic heterocycles. The van der Waals surface area contributed by atoms with Gasteiger partial charge in [0.1, 0.15) is 0 Å². The highest BCUT2D eigenvalue weighted by molar-refractivity contribution is 5.82. The Morgan fingerprint density at radius 1 is 1.38 bits per heavy atom. The van der Waals surface area contributed by atoms with Crippen molar-refractivity contribution < 1.29 is 5.11 Å². The summed E-state index contributed by atoms with van der Waals surface area (Å²) in [7, 11) is 0. The minimum Gasteiger partial charge on any atom is -0.395 e. The van der Waals surface area contributed by atoms with E-state index in [2.05, 4.69) is 41.5 Å². The summed E-state index contributed by atoms with van der Waals surface area (Å²) in [5, 5.41) is 13.7. The molecular weight excluding hydrogens is 200 g/mol. The predicted octanol–water partition coefficient (Wildman–Crippen LogP) is 2.03. The summed E-state index contributed by atoms with van der Waals surface area (Å²) >= 11 is 0. The molecule has 2 aromatic rings. The number of fused-ring (bicyclic) bond motifs is 1. The first-order valence-electron chi connectivity index (χ1n) is 5.74. The van der Waals surface area contributed by atoms with E-state index in [-0.39, 0.29) is 12.6 Å². The van der Waals surface area contributed by atoms with Crippen molar-refractivity contribution in [2.24, 2.45) is 0 Å². The Balaban J connectivity index is 2.11. The second-order valence-corrected chi connectivity index (χ2v) is 4.03. The third-order valence-corrected chi connectivity index (χ3v) is 2.97. The number of hydrogen-bond acceptors (Lipinski definition) is 2. The van der Waals surface area contributed by atoms with Gasteiger partial charge in [-0.25, -0.2) is 0 Å². The average Bonchev–Trinajstić information content (AvgIpc) is 2.79. The van der Waals surface area contributed by atoms with Crippen LogP contribution in [0.1, 0.15) is 18.9 Å². The van der Waals surface area contributed by atoms with Crippen molar-refractivity contribution in [1.82, 2.24) is 10.3 Å². The van der Waals surface area contributed by atoms with Gasteiger partial charge in [-0.15, -0.1) is 0 Å². The molecule has 0 fully saturated rings. The van der Waals surface area contributed by atoms with Crippen molar-refractivity contribution in [3.05, 3.63) is 36.0 Å². The van der Waals surface area contributed by atoms with Crippen molar-refractivity contribution in [2.45, 2.75) is 25.9 Å². The van der Waals surface area contributed by atoms with Gasteiger partial charge in [-0.05, 0) is 23.4 Å². The standard InChI is InChI=1S/C13H18N2O/c1-2-12(9-16)15-8-11-5-3-4-10-6-7-14-13(10)11/h3-7,12,14-16H,2,8-9H2,1H3/t12-/m1/s1. The topological polar surface area (TPSA) is 48.0 Å². The first kappa shape index (κ1) is 11.2. The van der Waals surface area contributed by atoms with Gasteiger partial charge in [-0.1, -0.05) is 25.1 Å². The van der Waals surface area contributed by atoms with Crippen LogP contribution in [0.15, 0.2) is 30.5 Å². The Morgan fingerprint density at radius 3 is 3.00 bits per heavy atom. The summed E-state index contributed by atoms with van der Waals surface area (Å²) in [4.78, 5) is 3.25. The summed E-state index contributed by atoms with van der Waals surface area (Å²) in [5.41, 5.74) is 2.43. The number of aromatic nitrogens is 1. The SMILES string of the molecule is CC[C@H](CO)NCc1cccc2cc[nH]c12. The Labute approximate surface area is 95.5 Å². The number of benzene rings is 1.